The summed E-state index contributed by atoms with van der Waals surface area (Å²) in [6, 6.07) is 23.9. The lowest BCUT2D eigenvalue weighted by molar-refractivity contribution is -0.118. The normalized spacial score (nSPS) is 11.6. The van der Waals surface area contributed by atoms with Gasteiger partial charge >= 0.3 is 6.09 Å². The molecule has 1 atom stereocenters. The summed E-state index contributed by atoms with van der Waals surface area (Å²) in [5.74, 6) is -1.92. The number of anilines is 1. The van der Waals surface area contributed by atoms with E-state index in [1.54, 1.807) is 6.07 Å². The van der Waals surface area contributed by atoms with Crippen molar-refractivity contribution in [3.8, 4) is 11.1 Å². The Morgan fingerprint density at radius 2 is 1.49 bits per heavy atom. The molecule has 0 unspecified atom stereocenters. The molecule has 1 heterocycles. The Morgan fingerprint density at radius 1 is 0.857 bits per heavy atom. The quantitative estimate of drug-likeness (QED) is 0.316. The maximum Gasteiger partial charge on any atom is 0.405 e. The van der Waals surface area contributed by atoms with Crippen LogP contribution >= 0.6 is 0 Å². The van der Waals surface area contributed by atoms with Gasteiger partial charge in [0.25, 0.3) is 0 Å². The summed E-state index contributed by atoms with van der Waals surface area (Å²) >= 11 is 0. The van der Waals surface area contributed by atoms with Crippen LogP contribution in [-0.2, 0) is 4.79 Å². The second-order valence-electron chi connectivity index (χ2n) is 7.85. The van der Waals surface area contributed by atoms with E-state index in [0.717, 1.165) is 17.2 Å². The molecule has 4 rings (SSSR count). The number of H-pyrrole nitrogens is 1. The first-order valence-electron chi connectivity index (χ1n) is 10.8. The fourth-order valence-corrected chi connectivity index (χ4v) is 3.99. The second-order valence-corrected chi connectivity index (χ2v) is 7.85. The maximum atomic E-state index is 14.8. The molecule has 0 aliphatic rings. The Bertz CT molecular complexity index is 1350. The lowest BCUT2D eigenvalue weighted by Gasteiger charge is -2.27. The number of benzene rings is 3. The van der Waals surface area contributed by atoms with Crippen molar-refractivity contribution in [1.82, 2.24) is 10.3 Å². The van der Waals surface area contributed by atoms with Gasteiger partial charge in [-0.2, -0.15) is 0 Å². The molecular formula is C27H22FN3O4. The van der Waals surface area contributed by atoms with E-state index in [9.17, 15) is 23.9 Å². The third-order valence-corrected chi connectivity index (χ3v) is 5.53. The average molecular weight is 471 g/mol. The van der Waals surface area contributed by atoms with Gasteiger partial charge in [-0.3, -0.25) is 9.59 Å². The zero-order valence-electron chi connectivity index (χ0n) is 18.4. The minimum absolute atomic E-state index is 0.151. The smallest absolute Gasteiger partial charge is 0.405 e. The molecule has 7 nitrogen and oxygen atoms in total. The summed E-state index contributed by atoms with van der Waals surface area (Å²) in [7, 11) is 0. The Balaban J connectivity index is 1.67. The SMILES string of the molecule is O=C(O)N[C@H](C(=O)Nc1ccc(-c2cc[nH]c(=O)c2)c(F)c1)C(c1ccccc1)c1ccccc1. The molecule has 176 valence electrons. The number of pyridine rings is 1. The van der Waals surface area contributed by atoms with Gasteiger partial charge in [0.15, 0.2) is 0 Å². The van der Waals surface area contributed by atoms with Crippen LogP contribution in [-0.4, -0.2) is 28.1 Å². The van der Waals surface area contributed by atoms with Crippen LogP contribution in [0, 0.1) is 5.82 Å². The summed E-state index contributed by atoms with van der Waals surface area (Å²) < 4.78 is 14.8. The molecular weight excluding hydrogens is 449 g/mol. The molecule has 0 aliphatic heterocycles. The number of rotatable bonds is 7. The predicted octanol–water partition coefficient (Wildman–Crippen LogP) is 4.59. The van der Waals surface area contributed by atoms with E-state index < -0.39 is 29.8 Å². The van der Waals surface area contributed by atoms with E-state index in [-0.39, 0.29) is 16.8 Å². The number of carbonyl (C=O) groups is 2. The van der Waals surface area contributed by atoms with Crippen molar-refractivity contribution in [2.75, 3.05) is 5.32 Å². The molecule has 4 aromatic rings. The van der Waals surface area contributed by atoms with Crippen LogP contribution in [0.2, 0.25) is 0 Å². The molecule has 0 bridgehead atoms. The molecule has 0 spiro atoms. The van der Waals surface area contributed by atoms with Crippen LogP contribution in [0.25, 0.3) is 11.1 Å². The first-order valence-corrected chi connectivity index (χ1v) is 10.8. The highest BCUT2D eigenvalue weighted by molar-refractivity contribution is 5.97. The number of carboxylic acid groups (broad SMARTS) is 1. The number of nitrogens with one attached hydrogen (secondary N) is 3. The topological polar surface area (TPSA) is 111 Å². The van der Waals surface area contributed by atoms with Crippen LogP contribution in [0.4, 0.5) is 14.9 Å². The fourth-order valence-electron chi connectivity index (χ4n) is 3.99. The van der Waals surface area contributed by atoms with Crippen LogP contribution in [0.3, 0.4) is 0 Å². The average Bonchev–Trinajstić information content (AvgIpc) is 2.85. The van der Waals surface area contributed by atoms with Gasteiger partial charge in [-0.1, -0.05) is 60.7 Å². The minimum Gasteiger partial charge on any atom is -0.465 e. The summed E-state index contributed by atoms with van der Waals surface area (Å²) in [6.45, 7) is 0. The lowest BCUT2D eigenvalue weighted by Crippen LogP contribution is -2.47. The zero-order chi connectivity index (χ0) is 24.8. The fraction of sp³-hybridized carbons (Fsp3) is 0.0741. The molecule has 0 aliphatic carbocycles. The number of halogens is 1. The van der Waals surface area contributed by atoms with Crippen molar-refractivity contribution >= 4 is 17.7 Å². The predicted molar refractivity (Wildman–Crippen MR) is 131 cm³/mol. The minimum atomic E-state index is -1.36. The third-order valence-electron chi connectivity index (χ3n) is 5.53. The van der Waals surface area contributed by atoms with Gasteiger partial charge in [-0.25, -0.2) is 9.18 Å². The number of aromatic amines is 1. The molecule has 3 aromatic carbocycles. The molecule has 1 aromatic heterocycles. The van der Waals surface area contributed by atoms with Crippen molar-refractivity contribution in [2.24, 2.45) is 0 Å². The van der Waals surface area contributed by atoms with Crippen molar-refractivity contribution in [1.29, 1.82) is 0 Å². The van der Waals surface area contributed by atoms with Crippen LogP contribution in [0.15, 0.2) is 102 Å². The molecule has 2 amide bonds. The molecule has 8 heteroatoms. The number of hydrogen-bond acceptors (Lipinski definition) is 3. The van der Waals surface area contributed by atoms with E-state index in [1.165, 1.54) is 24.4 Å². The van der Waals surface area contributed by atoms with Gasteiger partial charge in [0.2, 0.25) is 11.5 Å². The Morgan fingerprint density at radius 3 is 2.03 bits per heavy atom. The number of carbonyl (C=O) groups excluding carboxylic acids is 1. The Kier molecular flexibility index (Phi) is 7.02. The van der Waals surface area contributed by atoms with Gasteiger partial charge in [0.05, 0.1) is 0 Å². The number of aromatic nitrogens is 1. The van der Waals surface area contributed by atoms with Gasteiger partial charge in [-0.15, -0.1) is 0 Å². The first-order chi connectivity index (χ1) is 16.9. The van der Waals surface area contributed by atoms with Gasteiger partial charge in [0.1, 0.15) is 11.9 Å². The zero-order valence-corrected chi connectivity index (χ0v) is 18.4. The molecule has 0 radical (unpaired) electrons. The highest BCUT2D eigenvalue weighted by Crippen LogP contribution is 2.30. The van der Waals surface area contributed by atoms with Crippen LogP contribution in [0.1, 0.15) is 17.0 Å². The first kappa shape index (κ1) is 23.4. The van der Waals surface area contributed by atoms with Crippen molar-refractivity contribution in [2.45, 2.75) is 12.0 Å². The number of amides is 2. The van der Waals surface area contributed by atoms with E-state index in [0.29, 0.717) is 5.56 Å². The molecule has 0 fully saturated rings. The van der Waals surface area contributed by atoms with Gasteiger partial charge in [0, 0.05) is 29.4 Å². The van der Waals surface area contributed by atoms with E-state index >= 15 is 0 Å². The molecule has 0 saturated carbocycles. The maximum absolute atomic E-state index is 14.8. The Labute approximate surface area is 200 Å². The summed E-state index contributed by atoms with van der Waals surface area (Å²) in [4.78, 5) is 39.0. The summed E-state index contributed by atoms with van der Waals surface area (Å²) in [5, 5.41) is 14.4. The summed E-state index contributed by atoms with van der Waals surface area (Å²) in [5.41, 5.74) is 1.85. The van der Waals surface area contributed by atoms with E-state index in [1.807, 2.05) is 60.7 Å². The molecule has 4 N–H and O–H groups in total. The lowest BCUT2D eigenvalue weighted by atomic mass is 9.84. The van der Waals surface area contributed by atoms with Crippen molar-refractivity contribution < 1.29 is 19.1 Å². The van der Waals surface area contributed by atoms with Crippen LogP contribution in [0.5, 0.6) is 0 Å². The molecule has 0 saturated heterocycles. The summed E-state index contributed by atoms with van der Waals surface area (Å²) in [6.07, 6.45) is 0.0558. The van der Waals surface area contributed by atoms with Gasteiger partial charge in [-0.05, 0) is 41.0 Å². The highest BCUT2D eigenvalue weighted by atomic mass is 19.1. The standard InChI is InChI=1S/C27H22FN3O4/c28-22-16-20(11-12-21(22)19-13-14-29-23(32)15-19)30-26(33)25(31-27(34)35)24(17-7-3-1-4-8-17)18-9-5-2-6-10-18/h1-16,24-25,31H,(H,29,32)(H,30,33)(H,34,35)/t25-/m0/s1. The largest absolute Gasteiger partial charge is 0.465 e. The second kappa shape index (κ2) is 10.5. The monoisotopic (exact) mass is 471 g/mol. The molecule has 35 heavy (non-hydrogen) atoms. The van der Waals surface area contributed by atoms with Crippen molar-refractivity contribution in [3.63, 3.8) is 0 Å². The van der Waals surface area contributed by atoms with Crippen LogP contribution < -0.4 is 16.2 Å². The highest BCUT2D eigenvalue weighted by Gasteiger charge is 2.32. The van der Waals surface area contributed by atoms with Crippen molar-refractivity contribution in [3.05, 3.63) is 124 Å². The van der Waals surface area contributed by atoms with Gasteiger partial charge < -0.3 is 20.7 Å². The Hall–Kier alpha value is -4.72. The van der Waals surface area contributed by atoms with E-state index in [4.69, 9.17) is 0 Å². The third kappa shape index (κ3) is 5.62. The van der Waals surface area contributed by atoms with E-state index in [2.05, 4.69) is 15.6 Å². The number of hydrogen-bond donors (Lipinski definition) is 4.